The molecule has 7 nitrogen and oxygen atoms in total. The molecule has 0 radical (unpaired) electrons. The average Bonchev–Trinajstić information content (AvgIpc) is 3.10. The number of methoxy groups -OCH3 is 2. The minimum absolute atomic E-state index is 0.0291. The first kappa shape index (κ1) is 18.9. The first-order chi connectivity index (χ1) is 13.6. The minimum Gasteiger partial charge on any atom is -0.497 e. The summed E-state index contributed by atoms with van der Waals surface area (Å²) in [5.41, 5.74) is 2.36. The lowest BCUT2D eigenvalue weighted by Crippen LogP contribution is -2.32. The largest absolute Gasteiger partial charge is 0.497 e. The van der Waals surface area contributed by atoms with Gasteiger partial charge in [0.1, 0.15) is 11.5 Å². The Bertz CT molecular complexity index is 973. The molecule has 28 heavy (non-hydrogen) atoms. The van der Waals surface area contributed by atoms with Gasteiger partial charge in [0, 0.05) is 23.8 Å². The van der Waals surface area contributed by atoms with Crippen LogP contribution in [-0.4, -0.2) is 35.4 Å². The first-order valence-corrected chi connectivity index (χ1v) is 10.4. The van der Waals surface area contributed by atoms with Gasteiger partial charge in [0.15, 0.2) is 5.16 Å². The molecule has 1 unspecified atom stereocenters. The maximum Gasteiger partial charge on any atom is 0.257 e. The topological polar surface area (TPSA) is 82.5 Å². The molecule has 0 bridgehead atoms. The molecule has 1 aromatic carbocycles. The summed E-state index contributed by atoms with van der Waals surface area (Å²) < 4.78 is 12.3. The van der Waals surface area contributed by atoms with Crippen molar-refractivity contribution >= 4 is 23.4 Å². The lowest BCUT2D eigenvalue weighted by atomic mass is 9.97. The third-order valence-electron chi connectivity index (χ3n) is 5.22. The molecule has 0 spiro atoms. The van der Waals surface area contributed by atoms with Gasteiger partial charge >= 0.3 is 0 Å². The van der Waals surface area contributed by atoms with Crippen molar-refractivity contribution in [1.82, 2.24) is 9.55 Å². The standard InChI is InChI=1S/C20H23N3O4S/c1-26-13-7-8-17(27-2)16(10-13)21-18(24)9-12-11-28-20-22-15-6-4-3-5-14(15)19(25)23(12)20/h7-8,10,12H,3-6,9,11H2,1-2H3,(H,21,24). The van der Waals surface area contributed by atoms with Gasteiger partial charge in [-0.05, 0) is 37.8 Å². The maximum absolute atomic E-state index is 13.0. The highest BCUT2D eigenvalue weighted by molar-refractivity contribution is 7.99. The molecular weight excluding hydrogens is 378 g/mol. The van der Waals surface area contributed by atoms with Gasteiger partial charge in [-0.2, -0.15) is 0 Å². The van der Waals surface area contributed by atoms with Crippen molar-refractivity contribution < 1.29 is 14.3 Å². The molecule has 8 heteroatoms. The fourth-order valence-corrected chi connectivity index (χ4v) is 4.95. The van der Waals surface area contributed by atoms with Crippen molar-refractivity contribution in [3.05, 3.63) is 39.8 Å². The lowest BCUT2D eigenvalue weighted by Gasteiger charge is -2.19. The third kappa shape index (κ3) is 3.48. The molecule has 4 rings (SSSR count). The van der Waals surface area contributed by atoms with Crippen LogP contribution in [0.1, 0.15) is 36.6 Å². The summed E-state index contributed by atoms with van der Waals surface area (Å²) in [5.74, 6) is 1.69. The number of aryl methyl sites for hydroxylation is 1. The van der Waals surface area contributed by atoms with Gasteiger partial charge in [0.05, 0.1) is 31.6 Å². The van der Waals surface area contributed by atoms with Crippen molar-refractivity contribution in [2.45, 2.75) is 43.3 Å². The van der Waals surface area contributed by atoms with Gasteiger partial charge in [0.2, 0.25) is 5.91 Å². The Labute approximate surface area is 167 Å². The Hall–Kier alpha value is -2.48. The van der Waals surface area contributed by atoms with Gasteiger partial charge in [0.25, 0.3) is 5.56 Å². The van der Waals surface area contributed by atoms with Crippen LogP contribution >= 0.6 is 11.8 Å². The van der Waals surface area contributed by atoms with Crippen molar-refractivity contribution in [2.75, 3.05) is 25.3 Å². The van der Waals surface area contributed by atoms with Crippen LogP contribution in [0.15, 0.2) is 28.2 Å². The summed E-state index contributed by atoms with van der Waals surface area (Å²) in [6.45, 7) is 0. The van der Waals surface area contributed by atoms with E-state index in [1.807, 2.05) is 0 Å². The number of hydrogen-bond acceptors (Lipinski definition) is 6. The molecule has 2 aromatic rings. The number of nitrogens with zero attached hydrogens (tertiary/aromatic N) is 2. The number of benzene rings is 1. The second-order valence-electron chi connectivity index (χ2n) is 6.99. The number of anilines is 1. The number of amides is 1. The Morgan fingerprint density at radius 1 is 1.29 bits per heavy atom. The fourth-order valence-electron chi connectivity index (χ4n) is 3.79. The SMILES string of the molecule is COc1ccc(OC)c(NC(=O)CC2CSc3nc4c(c(=O)n32)CCCC4)c1. The molecule has 1 aliphatic heterocycles. The maximum atomic E-state index is 13.0. The smallest absolute Gasteiger partial charge is 0.257 e. The average molecular weight is 401 g/mol. The molecule has 0 saturated carbocycles. The van der Waals surface area contributed by atoms with Gasteiger partial charge < -0.3 is 14.8 Å². The van der Waals surface area contributed by atoms with E-state index >= 15 is 0 Å². The van der Waals surface area contributed by atoms with Crippen LogP contribution in [0.25, 0.3) is 0 Å². The summed E-state index contributed by atoms with van der Waals surface area (Å²) in [7, 11) is 3.12. The molecule has 1 aliphatic carbocycles. The molecule has 0 fully saturated rings. The van der Waals surface area contributed by atoms with E-state index in [0.717, 1.165) is 42.1 Å². The highest BCUT2D eigenvalue weighted by Gasteiger charge is 2.30. The van der Waals surface area contributed by atoms with Crippen molar-refractivity contribution in [3.8, 4) is 11.5 Å². The van der Waals surface area contributed by atoms with Crippen molar-refractivity contribution in [1.29, 1.82) is 0 Å². The fraction of sp³-hybridized carbons (Fsp3) is 0.450. The van der Waals surface area contributed by atoms with E-state index in [-0.39, 0.29) is 23.9 Å². The van der Waals surface area contributed by atoms with Gasteiger partial charge in [-0.25, -0.2) is 4.98 Å². The van der Waals surface area contributed by atoms with E-state index in [9.17, 15) is 9.59 Å². The Balaban J connectivity index is 1.54. The second-order valence-corrected chi connectivity index (χ2v) is 7.97. The van der Waals surface area contributed by atoms with E-state index < -0.39 is 0 Å². The monoisotopic (exact) mass is 401 g/mol. The molecule has 1 aromatic heterocycles. The Kier molecular flexibility index (Phi) is 5.30. The van der Waals surface area contributed by atoms with E-state index in [2.05, 4.69) is 5.32 Å². The first-order valence-electron chi connectivity index (χ1n) is 9.39. The summed E-state index contributed by atoms with van der Waals surface area (Å²) in [5, 5.41) is 3.63. The molecular formula is C20H23N3O4S. The van der Waals surface area contributed by atoms with E-state index in [1.165, 1.54) is 0 Å². The molecule has 1 N–H and O–H groups in total. The highest BCUT2D eigenvalue weighted by atomic mass is 32.2. The summed E-state index contributed by atoms with van der Waals surface area (Å²) in [6, 6.07) is 5.05. The van der Waals surface area contributed by atoms with Crippen LogP contribution in [-0.2, 0) is 17.6 Å². The van der Waals surface area contributed by atoms with E-state index in [1.54, 1.807) is 48.7 Å². The zero-order chi connectivity index (χ0) is 19.7. The third-order valence-corrected chi connectivity index (χ3v) is 6.32. The molecule has 2 heterocycles. The van der Waals surface area contributed by atoms with Crippen LogP contribution in [0, 0.1) is 0 Å². The second kappa shape index (κ2) is 7.87. The number of fused-ring (bicyclic) bond motifs is 2. The number of rotatable bonds is 5. The predicted octanol–water partition coefficient (Wildman–Crippen LogP) is 2.81. The number of nitrogens with one attached hydrogen (secondary N) is 1. The molecule has 1 amide bonds. The number of aromatic nitrogens is 2. The van der Waals surface area contributed by atoms with E-state index in [0.29, 0.717) is 22.9 Å². The summed E-state index contributed by atoms with van der Waals surface area (Å²) in [4.78, 5) is 30.4. The van der Waals surface area contributed by atoms with Crippen LogP contribution in [0.3, 0.4) is 0 Å². The molecule has 148 valence electrons. The predicted molar refractivity (Wildman–Crippen MR) is 108 cm³/mol. The summed E-state index contributed by atoms with van der Waals surface area (Å²) >= 11 is 1.55. The zero-order valence-corrected chi connectivity index (χ0v) is 16.8. The number of carbonyl (C=O) groups is 1. The zero-order valence-electron chi connectivity index (χ0n) is 16.0. The molecule has 1 atom stereocenters. The van der Waals surface area contributed by atoms with Gasteiger partial charge in [-0.3, -0.25) is 14.2 Å². The molecule has 0 saturated heterocycles. The van der Waals surface area contributed by atoms with Crippen molar-refractivity contribution in [3.63, 3.8) is 0 Å². The summed E-state index contributed by atoms with van der Waals surface area (Å²) in [6.07, 6.45) is 3.98. The van der Waals surface area contributed by atoms with Crippen molar-refractivity contribution in [2.24, 2.45) is 0 Å². The minimum atomic E-state index is -0.191. The van der Waals surface area contributed by atoms with Crippen LogP contribution in [0.2, 0.25) is 0 Å². The quantitative estimate of drug-likeness (QED) is 0.776. The van der Waals surface area contributed by atoms with Gasteiger partial charge in [-0.15, -0.1) is 0 Å². The number of ether oxygens (including phenoxy) is 2. The number of carbonyl (C=O) groups excluding carboxylic acids is 1. The number of thioether (sulfide) groups is 1. The van der Waals surface area contributed by atoms with Gasteiger partial charge in [-0.1, -0.05) is 11.8 Å². The number of hydrogen-bond donors (Lipinski definition) is 1. The van der Waals surface area contributed by atoms with Crippen LogP contribution < -0.4 is 20.3 Å². The highest BCUT2D eigenvalue weighted by Crippen LogP contribution is 2.35. The molecule has 2 aliphatic rings. The Morgan fingerprint density at radius 2 is 2.11 bits per heavy atom. The normalized spacial score (nSPS) is 17.6. The lowest BCUT2D eigenvalue weighted by molar-refractivity contribution is -0.116. The van der Waals surface area contributed by atoms with E-state index in [4.69, 9.17) is 14.5 Å². The van der Waals surface area contributed by atoms with Crippen LogP contribution in [0.4, 0.5) is 5.69 Å². The van der Waals surface area contributed by atoms with Crippen LogP contribution in [0.5, 0.6) is 11.5 Å². The Morgan fingerprint density at radius 3 is 2.89 bits per heavy atom.